The molecule has 1 aliphatic heterocycles. The van der Waals surface area contributed by atoms with Crippen molar-refractivity contribution in [2.75, 3.05) is 31.1 Å². The standard InChI is InChI=1S/C16H23ClN2O/c1-14(20)19(16-8-5-7-15(17)13-16)12-6-11-18-9-3-2-4-10-18/h5,7-8,13H,2-4,6,9-12H2,1H3. The molecule has 0 radical (unpaired) electrons. The first kappa shape index (κ1) is 15.3. The molecular weight excluding hydrogens is 272 g/mol. The molecule has 0 bridgehead atoms. The molecule has 1 aliphatic rings. The molecule has 4 heteroatoms. The zero-order valence-corrected chi connectivity index (χ0v) is 12.9. The largest absolute Gasteiger partial charge is 0.313 e. The number of carbonyl (C=O) groups excluding carboxylic acids is 1. The first-order chi connectivity index (χ1) is 9.66. The number of rotatable bonds is 5. The molecule has 0 unspecified atom stereocenters. The van der Waals surface area contributed by atoms with E-state index < -0.39 is 0 Å². The Balaban J connectivity index is 1.88. The van der Waals surface area contributed by atoms with Crippen LogP contribution in [0.3, 0.4) is 0 Å². The number of nitrogens with zero attached hydrogens (tertiary/aromatic N) is 2. The third-order valence-corrected chi connectivity index (χ3v) is 4.04. The molecule has 1 aromatic rings. The van der Waals surface area contributed by atoms with Gasteiger partial charge in [-0.3, -0.25) is 4.79 Å². The van der Waals surface area contributed by atoms with Crippen LogP contribution in [0.25, 0.3) is 0 Å². The lowest BCUT2D eigenvalue weighted by Crippen LogP contribution is -2.35. The average molecular weight is 295 g/mol. The van der Waals surface area contributed by atoms with E-state index >= 15 is 0 Å². The minimum atomic E-state index is 0.0749. The summed E-state index contributed by atoms with van der Waals surface area (Å²) >= 11 is 6.00. The smallest absolute Gasteiger partial charge is 0.223 e. The molecule has 3 nitrogen and oxygen atoms in total. The van der Waals surface area contributed by atoms with Crippen molar-refractivity contribution < 1.29 is 4.79 Å². The Morgan fingerprint density at radius 3 is 2.70 bits per heavy atom. The summed E-state index contributed by atoms with van der Waals surface area (Å²) < 4.78 is 0. The number of benzene rings is 1. The lowest BCUT2D eigenvalue weighted by molar-refractivity contribution is -0.116. The Kier molecular flexibility index (Phi) is 5.86. The maximum absolute atomic E-state index is 11.8. The molecule has 1 heterocycles. The van der Waals surface area contributed by atoms with Crippen molar-refractivity contribution in [1.29, 1.82) is 0 Å². The minimum Gasteiger partial charge on any atom is -0.313 e. The van der Waals surface area contributed by atoms with Crippen LogP contribution in [0.15, 0.2) is 24.3 Å². The number of likely N-dealkylation sites (tertiary alicyclic amines) is 1. The molecular formula is C16H23ClN2O. The fourth-order valence-electron chi connectivity index (χ4n) is 2.75. The van der Waals surface area contributed by atoms with E-state index in [2.05, 4.69) is 4.90 Å². The van der Waals surface area contributed by atoms with Gasteiger partial charge in [0.15, 0.2) is 0 Å². The SMILES string of the molecule is CC(=O)N(CCCN1CCCCC1)c1cccc(Cl)c1. The van der Waals surface area contributed by atoms with Crippen LogP contribution >= 0.6 is 11.6 Å². The van der Waals surface area contributed by atoms with Crippen molar-refractivity contribution in [1.82, 2.24) is 4.90 Å². The monoisotopic (exact) mass is 294 g/mol. The molecule has 1 saturated heterocycles. The van der Waals surface area contributed by atoms with Crippen LogP contribution < -0.4 is 4.90 Å². The fourth-order valence-corrected chi connectivity index (χ4v) is 2.93. The van der Waals surface area contributed by atoms with Gasteiger partial charge in [-0.15, -0.1) is 0 Å². The second-order valence-corrected chi connectivity index (χ2v) is 5.84. The highest BCUT2D eigenvalue weighted by Crippen LogP contribution is 2.20. The Morgan fingerprint density at radius 2 is 2.05 bits per heavy atom. The Morgan fingerprint density at radius 1 is 1.30 bits per heavy atom. The van der Waals surface area contributed by atoms with Crippen LogP contribution in [0.2, 0.25) is 5.02 Å². The van der Waals surface area contributed by atoms with Crippen LogP contribution in [0.5, 0.6) is 0 Å². The summed E-state index contributed by atoms with van der Waals surface area (Å²) in [6.07, 6.45) is 4.99. The van der Waals surface area contributed by atoms with Crippen LogP contribution in [0.4, 0.5) is 5.69 Å². The second kappa shape index (κ2) is 7.65. The van der Waals surface area contributed by atoms with E-state index in [1.807, 2.05) is 29.2 Å². The van der Waals surface area contributed by atoms with Crippen LogP contribution in [0, 0.1) is 0 Å². The molecule has 1 amide bonds. The predicted molar refractivity (Wildman–Crippen MR) is 84.4 cm³/mol. The number of hydrogen-bond acceptors (Lipinski definition) is 2. The van der Waals surface area contributed by atoms with Gasteiger partial charge in [-0.25, -0.2) is 0 Å². The highest BCUT2D eigenvalue weighted by Gasteiger charge is 2.13. The van der Waals surface area contributed by atoms with E-state index in [9.17, 15) is 4.79 Å². The van der Waals surface area contributed by atoms with Gasteiger partial charge in [-0.2, -0.15) is 0 Å². The number of carbonyl (C=O) groups is 1. The Labute approximate surface area is 126 Å². The maximum Gasteiger partial charge on any atom is 0.223 e. The lowest BCUT2D eigenvalue weighted by atomic mass is 10.1. The Bertz CT molecular complexity index is 444. The quantitative estimate of drug-likeness (QED) is 0.829. The summed E-state index contributed by atoms with van der Waals surface area (Å²) in [4.78, 5) is 16.1. The highest BCUT2D eigenvalue weighted by atomic mass is 35.5. The zero-order valence-electron chi connectivity index (χ0n) is 12.1. The van der Waals surface area contributed by atoms with Gasteiger partial charge < -0.3 is 9.80 Å². The van der Waals surface area contributed by atoms with E-state index in [1.165, 1.54) is 32.4 Å². The van der Waals surface area contributed by atoms with Gasteiger partial charge in [0.05, 0.1) is 0 Å². The van der Waals surface area contributed by atoms with Gasteiger partial charge >= 0.3 is 0 Å². The first-order valence-corrected chi connectivity index (χ1v) is 7.80. The second-order valence-electron chi connectivity index (χ2n) is 5.41. The topological polar surface area (TPSA) is 23.6 Å². The van der Waals surface area contributed by atoms with Crippen molar-refractivity contribution in [2.45, 2.75) is 32.6 Å². The normalized spacial score (nSPS) is 16.1. The van der Waals surface area contributed by atoms with Crippen LogP contribution in [-0.2, 0) is 4.79 Å². The van der Waals surface area contributed by atoms with Crippen molar-refractivity contribution in [3.05, 3.63) is 29.3 Å². The van der Waals surface area contributed by atoms with Gasteiger partial charge in [0.25, 0.3) is 0 Å². The van der Waals surface area contributed by atoms with Crippen molar-refractivity contribution in [3.8, 4) is 0 Å². The predicted octanol–water partition coefficient (Wildman–Crippen LogP) is 3.57. The molecule has 0 N–H and O–H groups in total. The average Bonchev–Trinajstić information content (AvgIpc) is 2.44. The molecule has 0 spiro atoms. The van der Waals surface area contributed by atoms with E-state index in [1.54, 1.807) is 6.92 Å². The molecule has 110 valence electrons. The van der Waals surface area contributed by atoms with Crippen LogP contribution in [-0.4, -0.2) is 37.0 Å². The highest BCUT2D eigenvalue weighted by molar-refractivity contribution is 6.30. The van der Waals surface area contributed by atoms with Gasteiger partial charge in [-0.05, 0) is 57.1 Å². The summed E-state index contributed by atoms with van der Waals surface area (Å²) in [7, 11) is 0. The molecule has 0 aliphatic carbocycles. The van der Waals surface area contributed by atoms with Gasteiger partial charge in [0, 0.05) is 24.2 Å². The van der Waals surface area contributed by atoms with Gasteiger partial charge in [-0.1, -0.05) is 24.1 Å². The Hall–Kier alpha value is -1.06. The fraction of sp³-hybridized carbons (Fsp3) is 0.562. The summed E-state index contributed by atoms with van der Waals surface area (Å²) in [5.74, 6) is 0.0749. The first-order valence-electron chi connectivity index (χ1n) is 7.43. The lowest BCUT2D eigenvalue weighted by Gasteiger charge is -2.28. The third kappa shape index (κ3) is 4.50. The van der Waals surface area contributed by atoms with Gasteiger partial charge in [0.1, 0.15) is 0 Å². The molecule has 0 atom stereocenters. The molecule has 0 aromatic heterocycles. The maximum atomic E-state index is 11.8. The van der Waals surface area contributed by atoms with E-state index in [0.717, 1.165) is 25.2 Å². The van der Waals surface area contributed by atoms with Crippen molar-refractivity contribution in [3.63, 3.8) is 0 Å². The minimum absolute atomic E-state index is 0.0749. The van der Waals surface area contributed by atoms with Crippen molar-refractivity contribution in [2.24, 2.45) is 0 Å². The van der Waals surface area contributed by atoms with E-state index in [4.69, 9.17) is 11.6 Å². The summed E-state index contributed by atoms with van der Waals surface area (Å²) in [6, 6.07) is 7.51. The number of anilines is 1. The molecule has 1 aromatic carbocycles. The number of amides is 1. The van der Waals surface area contributed by atoms with Gasteiger partial charge in [0.2, 0.25) is 5.91 Å². The van der Waals surface area contributed by atoms with E-state index in [-0.39, 0.29) is 5.91 Å². The molecule has 20 heavy (non-hydrogen) atoms. The van der Waals surface area contributed by atoms with Crippen LogP contribution in [0.1, 0.15) is 32.6 Å². The third-order valence-electron chi connectivity index (χ3n) is 3.80. The molecule has 2 rings (SSSR count). The molecule has 0 saturated carbocycles. The number of hydrogen-bond donors (Lipinski definition) is 0. The van der Waals surface area contributed by atoms with E-state index in [0.29, 0.717) is 5.02 Å². The molecule has 1 fully saturated rings. The summed E-state index contributed by atoms with van der Waals surface area (Å²) in [5.41, 5.74) is 0.892. The summed E-state index contributed by atoms with van der Waals surface area (Å²) in [6.45, 7) is 5.85. The number of halogens is 1. The van der Waals surface area contributed by atoms with Crippen molar-refractivity contribution >= 4 is 23.2 Å². The summed E-state index contributed by atoms with van der Waals surface area (Å²) in [5, 5.41) is 0.671. The number of piperidine rings is 1. The zero-order chi connectivity index (χ0) is 14.4.